The van der Waals surface area contributed by atoms with Crippen molar-refractivity contribution in [2.45, 2.75) is 6.42 Å². The average molecular weight is 84.1 g/mol. The van der Waals surface area contributed by atoms with Crippen molar-refractivity contribution in [1.29, 1.82) is 0 Å². The summed E-state index contributed by atoms with van der Waals surface area (Å²) in [6, 6.07) is 0. The van der Waals surface area contributed by atoms with Gasteiger partial charge in [-0.05, 0) is 12.6 Å². The normalized spacial score (nSPS) is 7.50. The molecule has 0 amide bonds. The molecule has 0 aromatic rings. The molecule has 0 unspecified atom stereocenters. The lowest BCUT2D eigenvalue weighted by atomic mass is 10.5. The minimum Gasteiger partial charge on any atom is -0.391 e. The topological polar surface area (TPSA) is 12.0 Å². The van der Waals surface area contributed by atoms with E-state index in [4.69, 9.17) is 0 Å². The summed E-state index contributed by atoms with van der Waals surface area (Å²) in [5, 5.41) is 2.90. The Morgan fingerprint density at radius 3 is 2.50 bits per heavy atom. The lowest BCUT2D eigenvalue weighted by Crippen LogP contribution is -2.03. The molecular weight excluding hydrogens is 74.1 g/mol. The van der Waals surface area contributed by atoms with Gasteiger partial charge in [0.2, 0.25) is 0 Å². The fraction of sp³-hybridized carbons (Fsp3) is 0.400. The van der Waals surface area contributed by atoms with E-state index < -0.39 is 0 Å². The Bertz CT molecular complexity index is 32.9. The Kier molecular flexibility index (Phi) is 4.19. The van der Waals surface area contributed by atoms with E-state index in [1.165, 1.54) is 0 Å². The average Bonchev–Trinajstić information content (AvgIpc) is 1.61. The maximum absolute atomic E-state index is 3.61. The molecule has 1 N–H and O–H groups in total. The molecule has 0 aromatic heterocycles. The van der Waals surface area contributed by atoms with E-state index in [0.29, 0.717) is 0 Å². The van der Waals surface area contributed by atoms with Gasteiger partial charge in [0.25, 0.3) is 0 Å². The minimum absolute atomic E-state index is 0.923. The molecule has 0 heterocycles. The molecule has 0 saturated heterocycles. The van der Waals surface area contributed by atoms with Crippen LogP contribution in [0.1, 0.15) is 6.42 Å². The van der Waals surface area contributed by atoms with E-state index in [-0.39, 0.29) is 0 Å². The quantitative estimate of drug-likeness (QED) is 0.502. The molecule has 35 valence electrons. The van der Waals surface area contributed by atoms with Crippen molar-refractivity contribution >= 4 is 0 Å². The molecule has 0 atom stereocenters. The van der Waals surface area contributed by atoms with Gasteiger partial charge in [-0.3, -0.25) is 0 Å². The van der Waals surface area contributed by atoms with Gasteiger partial charge in [0.1, 0.15) is 0 Å². The van der Waals surface area contributed by atoms with Gasteiger partial charge in [-0.1, -0.05) is 13.5 Å². The molecule has 0 aromatic carbocycles. The first-order chi connectivity index (χ1) is 2.91. The van der Waals surface area contributed by atoms with E-state index in [9.17, 15) is 0 Å². The van der Waals surface area contributed by atoms with Gasteiger partial charge in [-0.15, -0.1) is 0 Å². The molecule has 0 saturated carbocycles. The SMILES string of the molecule is [CH2]CCNC=C. The number of nitrogens with one attached hydrogen (secondary N) is 1. The summed E-state index contributed by atoms with van der Waals surface area (Å²) in [5.41, 5.74) is 0. The summed E-state index contributed by atoms with van der Waals surface area (Å²) in [4.78, 5) is 0. The molecule has 0 aliphatic carbocycles. The second kappa shape index (κ2) is 4.54. The van der Waals surface area contributed by atoms with Crippen molar-refractivity contribution in [3.05, 3.63) is 19.7 Å². The van der Waals surface area contributed by atoms with Gasteiger partial charge in [0.15, 0.2) is 0 Å². The van der Waals surface area contributed by atoms with Crippen LogP contribution in [0.5, 0.6) is 0 Å². The maximum atomic E-state index is 3.61. The Morgan fingerprint density at radius 1 is 1.67 bits per heavy atom. The lowest BCUT2D eigenvalue weighted by Gasteiger charge is -1.89. The zero-order valence-corrected chi connectivity index (χ0v) is 3.91. The maximum Gasteiger partial charge on any atom is 0.0141 e. The second-order valence-corrected chi connectivity index (χ2v) is 1.01. The van der Waals surface area contributed by atoms with Crippen LogP contribution in [0.25, 0.3) is 0 Å². The molecule has 0 aliphatic heterocycles. The van der Waals surface area contributed by atoms with E-state index in [1.807, 2.05) is 0 Å². The monoisotopic (exact) mass is 84.1 g/mol. The Hall–Kier alpha value is -0.460. The zero-order chi connectivity index (χ0) is 4.83. The van der Waals surface area contributed by atoms with Crippen molar-refractivity contribution in [3.63, 3.8) is 0 Å². The van der Waals surface area contributed by atoms with Crippen LogP contribution in [0.2, 0.25) is 0 Å². The summed E-state index contributed by atoms with van der Waals surface area (Å²) >= 11 is 0. The molecule has 1 nitrogen and oxygen atoms in total. The first-order valence-corrected chi connectivity index (χ1v) is 2.05. The zero-order valence-electron chi connectivity index (χ0n) is 3.91. The van der Waals surface area contributed by atoms with Crippen LogP contribution < -0.4 is 5.32 Å². The highest BCUT2D eigenvalue weighted by atomic mass is 14.8. The van der Waals surface area contributed by atoms with E-state index >= 15 is 0 Å². The first-order valence-electron chi connectivity index (χ1n) is 2.05. The highest BCUT2D eigenvalue weighted by Gasteiger charge is 1.66. The predicted octanol–water partition coefficient (Wildman–Crippen LogP) is 0.944. The van der Waals surface area contributed by atoms with Crippen LogP contribution in [0.3, 0.4) is 0 Å². The Balaban J connectivity index is 2.49. The van der Waals surface area contributed by atoms with Gasteiger partial charge in [-0.2, -0.15) is 0 Å². The fourth-order valence-electron chi connectivity index (χ4n) is 0.204. The van der Waals surface area contributed by atoms with Crippen LogP contribution in [0, 0.1) is 6.92 Å². The van der Waals surface area contributed by atoms with Crippen LogP contribution in [0.15, 0.2) is 12.8 Å². The van der Waals surface area contributed by atoms with Gasteiger partial charge in [0.05, 0.1) is 0 Å². The van der Waals surface area contributed by atoms with Crippen LogP contribution in [-0.2, 0) is 0 Å². The number of hydrogen-bond donors (Lipinski definition) is 1. The van der Waals surface area contributed by atoms with E-state index in [2.05, 4.69) is 18.8 Å². The molecule has 6 heavy (non-hydrogen) atoms. The third-order valence-electron chi connectivity index (χ3n) is 0.465. The van der Waals surface area contributed by atoms with Crippen molar-refractivity contribution in [2.24, 2.45) is 0 Å². The Labute approximate surface area is 39.1 Å². The molecule has 1 heteroatoms. The van der Waals surface area contributed by atoms with Gasteiger partial charge in [0, 0.05) is 6.54 Å². The van der Waals surface area contributed by atoms with Crippen LogP contribution >= 0.6 is 0 Å². The first kappa shape index (κ1) is 5.54. The van der Waals surface area contributed by atoms with Gasteiger partial charge in [-0.25, -0.2) is 0 Å². The second-order valence-electron chi connectivity index (χ2n) is 1.01. The van der Waals surface area contributed by atoms with Gasteiger partial charge < -0.3 is 5.32 Å². The Morgan fingerprint density at radius 2 is 2.33 bits per heavy atom. The van der Waals surface area contributed by atoms with Crippen molar-refractivity contribution < 1.29 is 0 Å². The molecule has 0 bridgehead atoms. The molecular formula is C5H10N. The van der Waals surface area contributed by atoms with Crippen molar-refractivity contribution in [2.75, 3.05) is 6.54 Å². The van der Waals surface area contributed by atoms with E-state index in [1.54, 1.807) is 6.20 Å². The minimum atomic E-state index is 0.923. The van der Waals surface area contributed by atoms with Crippen LogP contribution in [-0.4, -0.2) is 6.54 Å². The molecule has 0 spiro atoms. The molecule has 1 radical (unpaired) electrons. The van der Waals surface area contributed by atoms with Crippen molar-refractivity contribution in [1.82, 2.24) is 5.32 Å². The standard InChI is InChI=1S/C5H10N/c1-3-5-6-4-2/h4,6H,1-3,5H2. The van der Waals surface area contributed by atoms with Gasteiger partial charge >= 0.3 is 0 Å². The number of hydrogen-bond acceptors (Lipinski definition) is 1. The third-order valence-corrected chi connectivity index (χ3v) is 0.465. The number of rotatable bonds is 3. The highest BCUT2D eigenvalue weighted by Crippen LogP contribution is 1.64. The molecule has 0 aliphatic rings. The smallest absolute Gasteiger partial charge is 0.0141 e. The fourth-order valence-corrected chi connectivity index (χ4v) is 0.204. The molecule has 0 fully saturated rings. The lowest BCUT2D eigenvalue weighted by molar-refractivity contribution is 0.852. The highest BCUT2D eigenvalue weighted by molar-refractivity contribution is 4.61. The summed E-state index contributed by atoms with van der Waals surface area (Å²) in [5.74, 6) is 0. The van der Waals surface area contributed by atoms with Crippen molar-refractivity contribution in [3.8, 4) is 0 Å². The summed E-state index contributed by atoms with van der Waals surface area (Å²) in [6.07, 6.45) is 2.59. The largest absolute Gasteiger partial charge is 0.391 e. The van der Waals surface area contributed by atoms with Crippen LogP contribution in [0.4, 0.5) is 0 Å². The molecule has 0 rings (SSSR count). The third kappa shape index (κ3) is 3.54. The summed E-state index contributed by atoms with van der Waals surface area (Å²) < 4.78 is 0. The van der Waals surface area contributed by atoms with E-state index in [0.717, 1.165) is 13.0 Å². The summed E-state index contributed by atoms with van der Waals surface area (Å²) in [7, 11) is 0. The predicted molar refractivity (Wildman–Crippen MR) is 28.2 cm³/mol. The summed E-state index contributed by atoms with van der Waals surface area (Å²) in [6.45, 7) is 8.01.